The van der Waals surface area contributed by atoms with E-state index in [1.807, 2.05) is 0 Å². The van der Waals surface area contributed by atoms with Gasteiger partial charge in [0, 0.05) is 17.7 Å². The van der Waals surface area contributed by atoms with E-state index in [-0.39, 0.29) is 19.8 Å². The van der Waals surface area contributed by atoms with Crippen LogP contribution in [0.4, 0.5) is 0 Å². The molecule has 0 spiro atoms. The number of aliphatic hydroxyl groups excluding tert-OH is 1. The minimum atomic E-state index is -0.391. The molecule has 0 aliphatic heterocycles. The summed E-state index contributed by atoms with van der Waals surface area (Å²) in [4.78, 5) is 11.8. The Balaban J connectivity index is 1.42. The maximum atomic E-state index is 11.8. The molecular weight excluding hydrogens is 520 g/mol. The Kier molecular flexibility index (Phi) is 12.8. The molecule has 0 radical (unpaired) electrons. The summed E-state index contributed by atoms with van der Waals surface area (Å²) < 4.78 is 11.5. The molecular formula is C38H52O4. The van der Waals surface area contributed by atoms with Crippen LogP contribution in [-0.2, 0) is 16.0 Å². The number of hydrogen-bond donors (Lipinski definition) is 1. The molecule has 2 aliphatic rings. The van der Waals surface area contributed by atoms with Crippen molar-refractivity contribution in [3.05, 3.63) is 71.8 Å². The molecule has 0 aromatic heterocycles. The normalized spacial score (nSPS) is 20.5. The third-order valence-electron chi connectivity index (χ3n) is 9.39. The number of allylic oxidation sites excluding steroid dienone is 2. The molecule has 42 heavy (non-hydrogen) atoms. The van der Waals surface area contributed by atoms with Gasteiger partial charge in [-0.2, -0.15) is 0 Å². The molecule has 2 aliphatic carbocycles. The van der Waals surface area contributed by atoms with Crippen LogP contribution in [0, 0.1) is 17.8 Å². The number of rotatable bonds is 15. The Bertz CT molecular complexity index is 1170. The van der Waals surface area contributed by atoms with Crippen molar-refractivity contribution in [3.8, 4) is 16.9 Å². The lowest BCUT2D eigenvalue weighted by Crippen LogP contribution is -2.23. The summed E-state index contributed by atoms with van der Waals surface area (Å²) in [6, 6.07) is 15.1. The van der Waals surface area contributed by atoms with E-state index >= 15 is 0 Å². The van der Waals surface area contributed by atoms with Crippen molar-refractivity contribution in [1.82, 2.24) is 0 Å². The Labute approximate surface area is 254 Å². The van der Waals surface area contributed by atoms with Crippen molar-refractivity contribution in [3.63, 3.8) is 0 Å². The summed E-state index contributed by atoms with van der Waals surface area (Å²) in [6.45, 7) is 8.27. The standard InChI is InChI=1S/C38H52O4/c1-4-5-6-8-29-10-14-31(15-11-29)32-18-20-33(21-19-32)35-22-23-36(34-16-12-30(13-17-34)9-7-24-39)37(27-35)41-25-26-42-38(40)28(2)3/h12-13,16-17,20,22-23,27,29,31-32,39H,2,4-11,14-15,18-19,21,24-26H2,1,3H3. The summed E-state index contributed by atoms with van der Waals surface area (Å²) in [7, 11) is 0. The summed E-state index contributed by atoms with van der Waals surface area (Å²) in [5.74, 6) is 3.12. The van der Waals surface area contributed by atoms with Gasteiger partial charge in [0.1, 0.15) is 19.0 Å². The van der Waals surface area contributed by atoms with E-state index in [1.54, 1.807) is 6.92 Å². The van der Waals surface area contributed by atoms with Gasteiger partial charge in [0.15, 0.2) is 0 Å². The van der Waals surface area contributed by atoms with Crippen LogP contribution >= 0.6 is 0 Å². The number of unbranched alkanes of at least 4 members (excludes halogenated alkanes) is 2. The zero-order valence-corrected chi connectivity index (χ0v) is 26.0. The first kappa shape index (κ1) is 32.1. The number of ether oxygens (including phenoxy) is 2. The number of aliphatic hydroxyl groups is 1. The highest BCUT2D eigenvalue weighted by molar-refractivity contribution is 5.86. The van der Waals surface area contributed by atoms with Crippen LogP contribution in [0.25, 0.3) is 16.7 Å². The van der Waals surface area contributed by atoms with Gasteiger partial charge in [-0.05, 0) is 98.0 Å². The molecule has 0 bridgehead atoms. The first-order chi connectivity index (χ1) is 20.5. The quantitative estimate of drug-likeness (QED) is 0.131. The Morgan fingerprint density at radius 2 is 1.69 bits per heavy atom. The SMILES string of the molecule is C=C(C)C(=O)OCCOc1cc(C2=CCC(C3CCC(CCCCC)CC3)CC2)ccc1-c1ccc(CCCO)cc1. The second-order valence-electron chi connectivity index (χ2n) is 12.5. The first-order valence-electron chi connectivity index (χ1n) is 16.5. The molecule has 1 unspecified atom stereocenters. The van der Waals surface area contributed by atoms with E-state index in [2.05, 4.69) is 62.0 Å². The molecule has 1 atom stereocenters. The number of carbonyl (C=O) groups is 1. The largest absolute Gasteiger partial charge is 0.489 e. The van der Waals surface area contributed by atoms with Gasteiger partial charge in [0.2, 0.25) is 0 Å². The molecule has 0 saturated heterocycles. The third kappa shape index (κ3) is 9.33. The lowest BCUT2D eigenvalue weighted by atomic mass is 9.70. The number of benzene rings is 2. The minimum absolute atomic E-state index is 0.181. The van der Waals surface area contributed by atoms with Gasteiger partial charge < -0.3 is 14.6 Å². The number of esters is 1. The van der Waals surface area contributed by atoms with E-state index in [1.165, 1.54) is 80.9 Å². The molecule has 4 nitrogen and oxygen atoms in total. The molecule has 2 aromatic rings. The van der Waals surface area contributed by atoms with Gasteiger partial charge in [-0.1, -0.05) is 94.5 Å². The molecule has 1 saturated carbocycles. The van der Waals surface area contributed by atoms with Gasteiger partial charge in [0.25, 0.3) is 0 Å². The number of carbonyl (C=O) groups excluding carboxylic acids is 1. The lowest BCUT2D eigenvalue weighted by Gasteiger charge is -2.35. The second kappa shape index (κ2) is 16.7. The van der Waals surface area contributed by atoms with E-state index in [0.717, 1.165) is 53.9 Å². The van der Waals surface area contributed by atoms with Crippen LogP contribution in [0.15, 0.2) is 60.7 Å². The van der Waals surface area contributed by atoms with Crippen LogP contribution in [-0.4, -0.2) is 30.9 Å². The highest BCUT2D eigenvalue weighted by atomic mass is 16.6. The molecule has 0 heterocycles. The van der Waals surface area contributed by atoms with Crippen LogP contribution in [0.3, 0.4) is 0 Å². The summed E-state index contributed by atoms with van der Waals surface area (Å²) in [6.07, 6.45) is 19.0. The fourth-order valence-electron chi connectivity index (χ4n) is 6.80. The van der Waals surface area contributed by atoms with Crippen LogP contribution < -0.4 is 4.74 Å². The van der Waals surface area contributed by atoms with Gasteiger partial charge in [0.05, 0.1) is 0 Å². The fourth-order valence-corrected chi connectivity index (χ4v) is 6.80. The van der Waals surface area contributed by atoms with Crippen molar-refractivity contribution in [2.75, 3.05) is 19.8 Å². The van der Waals surface area contributed by atoms with Crippen molar-refractivity contribution in [2.24, 2.45) is 17.8 Å². The zero-order valence-electron chi connectivity index (χ0n) is 26.0. The first-order valence-corrected chi connectivity index (χ1v) is 16.5. The van der Waals surface area contributed by atoms with Crippen LogP contribution in [0.2, 0.25) is 0 Å². The average Bonchev–Trinajstić information content (AvgIpc) is 3.02. The zero-order chi connectivity index (χ0) is 29.7. The number of hydrogen-bond acceptors (Lipinski definition) is 4. The Hall–Kier alpha value is -2.85. The summed E-state index contributed by atoms with van der Waals surface area (Å²) >= 11 is 0. The molecule has 228 valence electrons. The van der Waals surface area contributed by atoms with E-state index in [0.29, 0.717) is 5.57 Å². The predicted octanol–water partition coefficient (Wildman–Crippen LogP) is 9.35. The van der Waals surface area contributed by atoms with Crippen molar-refractivity contribution in [1.29, 1.82) is 0 Å². The topological polar surface area (TPSA) is 55.8 Å². The van der Waals surface area contributed by atoms with Crippen molar-refractivity contribution < 1.29 is 19.4 Å². The smallest absolute Gasteiger partial charge is 0.333 e. The lowest BCUT2D eigenvalue weighted by molar-refractivity contribution is -0.139. The second-order valence-corrected chi connectivity index (χ2v) is 12.5. The van der Waals surface area contributed by atoms with Gasteiger partial charge in [-0.15, -0.1) is 0 Å². The average molecular weight is 573 g/mol. The third-order valence-corrected chi connectivity index (χ3v) is 9.39. The van der Waals surface area contributed by atoms with Crippen molar-refractivity contribution >= 4 is 11.5 Å². The van der Waals surface area contributed by atoms with Gasteiger partial charge in [-0.3, -0.25) is 0 Å². The molecule has 2 aromatic carbocycles. The van der Waals surface area contributed by atoms with E-state index in [4.69, 9.17) is 14.6 Å². The summed E-state index contributed by atoms with van der Waals surface area (Å²) in [5, 5.41) is 9.16. The molecule has 1 N–H and O–H groups in total. The van der Waals surface area contributed by atoms with Crippen molar-refractivity contribution in [2.45, 2.75) is 97.3 Å². The maximum absolute atomic E-state index is 11.8. The van der Waals surface area contributed by atoms with Gasteiger partial charge in [-0.25, -0.2) is 4.79 Å². The molecule has 0 amide bonds. The maximum Gasteiger partial charge on any atom is 0.333 e. The molecule has 4 heteroatoms. The molecule has 4 rings (SSSR count). The monoisotopic (exact) mass is 572 g/mol. The predicted molar refractivity (Wildman–Crippen MR) is 173 cm³/mol. The highest BCUT2D eigenvalue weighted by Crippen LogP contribution is 2.43. The van der Waals surface area contributed by atoms with E-state index in [9.17, 15) is 4.79 Å². The Morgan fingerprint density at radius 1 is 0.929 bits per heavy atom. The van der Waals surface area contributed by atoms with Gasteiger partial charge >= 0.3 is 5.97 Å². The van der Waals surface area contributed by atoms with Crippen LogP contribution in [0.5, 0.6) is 5.75 Å². The van der Waals surface area contributed by atoms with E-state index < -0.39 is 5.97 Å². The minimum Gasteiger partial charge on any atom is -0.489 e. The fraction of sp³-hybridized carbons (Fsp3) is 0.553. The molecule has 1 fully saturated rings. The highest BCUT2D eigenvalue weighted by Gasteiger charge is 2.28. The van der Waals surface area contributed by atoms with Crippen LogP contribution in [0.1, 0.15) is 102 Å². The Morgan fingerprint density at radius 3 is 2.36 bits per heavy atom. The summed E-state index contributed by atoms with van der Waals surface area (Å²) in [5.41, 5.74) is 6.37. The number of aryl methyl sites for hydroxylation is 1.